The lowest BCUT2D eigenvalue weighted by Crippen LogP contribution is -2.46. The number of nitrogens with one attached hydrogen (secondary N) is 2. The molecule has 0 spiro atoms. The fraction of sp³-hybridized carbons (Fsp3) is 0.650. The van der Waals surface area contributed by atoms with Crippen LogP contribution in [0.3, 0.4) is 0 Å². The van der Waals surface area contributed by atoms with Gasteiger partial charge in [-0.15, -0.1) is 0 Å². The minimum Gasteiger partial charge on any atom is -0.466 e. The Bertz CT molecular complexity index is 717. The molecule has 0 bridgehead atoms. The van der Waals surface area contributed by atoms with Crippen molar-refractivity contribution in [1.82, 2.24) is 15.5 Å². The van der Waals surface area contributed by atoms with Crippen LogP contribution in [0, 0.1) is 19.3 Å². The molecule has 1 fully saturated rings. The number of aryl methyl sites for hydroxylation is 2. The molecule has 1 aliphatic rings. The summed E-state index contributed by atoms with van der Waals surface area (Å²) >= 11 is 0. The minimum absolute atomic E-state index is 0.0640. The van der Waals surface area contributed by atoms with E-state index in [0.29, 0.717) is 43.0 Å². The van der Waals surface area contributed by atoms with Crippen LogP contribution in [0.25, 0.3) is 0 Å². The third-order valence-electron chi connectivity index (χ3n) is 4.58. The normalized spacial score (nSPS) is 19.9. The molecule has 7 nitrogen and oxygen atoms in total. The molecular formula is C20H31N3O4. The molecule has 2 heterocycles. The van der Waals surface area contributed by atoms with Crippen LogP contribution >= 0.6 is 0 Å². The van der Waals surface area contributed by atoms with E-state index in [2.05, 4.69) is 10.6 Å². The molecule has 1 saturated heterocycles. The van der Waals surface area contributed by atoms with Crippen molar-refractivity contribution in [3.63, 3.8) is 0 Å². The van der Waals surface area contributed by atoms with Crippen LogP contribution in [0.2, 0.25) is 0 Å². The molecule has 2 N–H and O–H groups in total. The number of nitrogens with zero attached hydrogens (tertiary/aromatic N) is 1. The number of amides is 3. The van der Waals surface area contributed by atoms with Gasteiger partial charge in [0.1, 0.15) is 17.6 Å². The second-order valence-corrected chi connectivity index (χ2v) is 8.43. The van der Waals surface area contributed by atoms with Crippen molar-refractivity contribution < 1.29 is 18.8 Å². The Morgan fingerprint density at radius 1 is 1.26 bits per heavy atom. The van der Waals surface area contributed by atoms with Crippen molar-refractivity contribution in [2.24, 2.45) is 5.41 Å². The number of hydrogen-bond acceptors (Lipinski definition) is 4. The molecule has 0 aliphatic carbocycles. The minimum atomic E-state index is -0.558. The highest BCUT2D eigenvalue weighted by atomic mass is 16.3. The van der Waals surface area contributed by atoms with Gasteiger partial charge in [-0.1, -0.05) is 20.8 Å². The Kier molecular flexibility index (Phi) is 6.34. The van der Waals surface area contributed by atoms with Gasteiger partial charge in [-0.05, 0) is 38.7 Å². The number of carbonyl (C=O) groups excluding carboxylic acids is 3. The molecule has 1 aliphatic heterocycles. The van der Waals surface area contributed by atoms with Gasteiger partial charge in [-0.3, -0.25) is 14.4 Å². The highest BCUT2D eigenvalue weighted by Crippen LogP contribution is 2.25. The highest BCUT2D eigenvalue weighted by molar-refractivity contribution is 5.96. The van der Waals surface area contributed by atoms with Crippen molar-refractivity contribution >= 4 is 17.7 Å². The first-order valence-electron chi connectivity index (χ1n) is 9.47. The van der Waals surface area contributed by atoms with E-state index in [9.17, 15) is 14.4 Å². The molecule has 0 saturated carbocycles. The van der Waals surface area contributed by atoms with Crippen LogP contribution in [0.4, 0.5) is 0 Å². The van der Waals surface area contributed by atoms with Crippen LogP contribution in [0.1, 0.15) is 62.4 Å². The predicted molar refractivity (Wildman–Crippen MR) is 102 cm³/mol. The molecule has 2 atom stereocenters. The zero-order valence-corrected chi connectivity index (χ0v) is 17.1. The molecule has 0 aromatic carbocycles. The first-order valence-corrected chi connectivity index (χ1v) is 9.47. The Morgan fingerprint density at radius 3 is 2.44 bits per heavy atom. The van der Waals surface area contributed by atoms with Gasteiger partial charge in [0.15, 0.2) is 0 Å². The maximum Gasteiger partial charge on any atom is 0.255 e. The lowest BCUT2D eigenvalue weighted by molar-refractivity contribution is -0.139. The monoisotopic (exact) mass is 377 g/mol. The predicted octanol–water partition coefficient (Wildman–Crippen LogP) is 2.17. The second-order valence-electron chi connectivity index (χ2n) is 8.43. The standard InChI is InChI=1S/C20H31N3O4/c1-7-21-19(26)16-9-14(11-23(16)17(24)10-20(4,5)6)22-18(25)15-8-12(2)27-13(15)3/h8,14,16H,7,9-11H2,1-6H3,(H,21,26)(H,22,25)/t14-,16-/m0/s1. The van der Waals surface area contributed by atoms with Gasteiger partial charge in [0.05, 0.1) is 5.56 Å². The molecular weight excluding hydrogens is 346 g/mol. The lowest BCUT2D eigenvalue weighted by atomic mass is 9.91. The fourth-order valence-corrected chi connectivity index (χ4v) is 3.43. The van der Waals surface area contributed by atoms with Gasteiger partial charge in [0.2, 0.25) is 11.8 Å². The summed E-state index contributed by atoms with van der Waals surface area (Å²) in [5.41, 5.74) is 0.317. The lowest BCUT2D eigenvalue weighted by Gasteiger charge is -2.27. The largest absolute Gasteiger partial charge is 0.466 e. The number of likely N-dealkylation sites (tertiary alicyclic amines) is 1. The summed E-state index contributed by atoms with van der Waals surface area (Å²) in [6.07, 6.45) is 0.757. The van der Waals surface area contributed by atoms with E-state index in [1.54, 1.807) is 24.8 Å². The Balaban J connectivity index is 2.13. The van der Waals surface area contributed by atoms with E-state index >= 15 is 0 Å². The Hall–Kier alpha value is -2.31. The molecule has 3 amide bonds. The SMILES string of the molecule is CCNC(=O)[C@@H]1C[C@H](NC(=O)c2cc(C)oc2C)CN1C(=O)CC(C)(C)C. The van der Waals surface area contributed by atoms with Gasteiger partial charge >= 0.3 is 0 Å². The molecule has 27 heavy (non-hydrogen) atoms. The topological polar surface area (TPSA) is 91.7 Å². The van der Waals surface area contributed by atoms with E-state index in [0.717, 1.165) is 0 Å². The summed E-state index contributed by atoms with van der Waals surface area (Å²) in [5.74, 6) is 0.752. The highest BCUT2D eigenvalue weighted by Gasteiger charge is 2.40. The third-order valence-corrected chi connectivity index (χ3v) is 4.58. The quantitative estimate of drug-likeness (QED) is 0.823. The number of carbonyl (C=O) groups is 3. The zero-order valence-electron chi connectivity index (χ0n) is 17.1. The van der Waals surface area contributed by atoms with Crippen molar-refractivity contribution in [1.29, 1.82) is 0 Å². The average molecular weight is 377 g/mol. The van der Waals surface area contributed by atoms with Gasteiger partial charge in [0, 0.05) is 25.6 Å². The molecule has 1 aromatic rings. The van der Waals surface area contributed by atoms with Crippen molar-refractivity contribution in [2.75, 3.05) is 13.1 Å². The number of likely N-dealkylation sites (N-methyl/N-ethyl adjacent to an activating group) is 1. The van der Waals surface area contributed by atoms with Gasteiger partial charge < -0.3 is 20.0 Å². The Morgan fingerprint density at radius 2 is 1.93 bits per heavy atom. The van der Waals surface area contributed by atoms with Crippen LogP contribution in [-0.4, -0.2) is 47.8 Å². The second kappa shape index (κ2) is 8.15. The van der Waals surface area contributed by atoms with Gasteiger partial charge in [-0.2, -0.15) is 0 Å². The van der Waals surface area contributed by atoms with Crippen molar-refractivity contribution in [2.45, 2.75) is 66.5 Å². The van der Waals surface area contributed by atoms with E-state index in [1.807, 2.05) is 27.7 Å². The van der Waals surface area contributed by atoms with Crippen LogP contribution in [-0.2, 0) is 9.59 Å². The van der Waals surface area contributed by atoms with Crippen molar-refractivity contribution in [3.8, 4) is 0 Å². The van der Waals surface area contributed by atoms with E-state index < -0.39 is 6.04 Å². The molecule has 1 aromatic heterocycles. The molecule has 0 unspecified atom stereocenters. The molecule has 7 heteroatoms. The molecule has 2 rings (SSSR count). The van der Waals surface area contributed by atoms with Crippen LogP contribution in [0.15, 0.2) is 10.5 Å². The van der Waals surface area contributed by atoms with Gasteiger partial charge in [0.25, 0.3) is 5.91 Å². The molecule has 150 valence electrons. The summed E-state index contributed by atoms with van der Waals surface area (Å²) in [6, 6.07) is 0.865. The van der Waals surface area contributed by atoms with Crippen LogP contribution in [0.5, 0.6) is 0 Å². The maximum atomic E-state index is 12.8. The average Bonchev–Trinajstić information content (AvgIpc) is 3.09. The third kappa shape index (κ3) is 5.34. The van der Waals surface area contributed by atoms with Crippen LogP contribution < -0.4 is 10.6 Å². The summed E-state index contributed by atoms with van der Waals surface area (Å²) in [6.45, 7) is 12.2. The Labute approximate surface area is 160 Å². The maximum absolute atomic E-state index is 12.8. The van der Waals surface area contributed by atoms with E-state index in [4.69, 9.17) is 4.42 Å². The first kappa shape index (κ1) is 21.0. The smallest absolute Gasteiger partial charge is 0.255 e. The van der Waals surface area contributed by atoms with Gasteiger partial charge in [-0.25, -0.2) is 0 Å². The number of hydrogen-bond donors (Lipinski definition) is 2. The van der Waals surface area contributed by atoms with Crippen molar-refractivity contribution in [3.05, 3.63) is 23.2 Å². The summed E-state index contributed by atoms with van der Waals surface area (Å²) < 4.78 is 5.42. The molecule has 0 radical (unpaired) electrons. The first-order chi connectivity index (χ1) is 12.5. The number of furan rings is 1. The van der Waals surface area contributed by atoms with E-state index in [-0.39, 0.29) is 29.2 Å². The van der Waals surface area contributed by atoms with E-state index in [1.165, 1.54) is 0 Å². The summed E-state index contributed by atoms with van der Waals surface area (Å²) in [5, 5.41) is 5.74. The fourth-order valence-electron chi connectivity index (χ4n) is 3.43. The zero-order chi connectivity index (χ0) is 20.4. The number of rotatable bonds is 5. The summed E-state index contributed by atoms with van der Waals surface area (Å²) in [4.78, 5) is 39.4. The summed E-state index contributed by atoms with van der Waals surface area (Å²) in [7, 11) is 0.